The Kier molecular flexibility index (Phi) is 7.12. The summed E-state index contributed by atoms with van der Waals surface area (Å²) in [5.41, 5.74) is 1.56. The fourth-order valence-electron chi connectivity index (χ4n) is 2.53. The highest BCUT2D eigenvalue weighted by Crippen LogP contribution is 2.36. The van der Waals surface area contributed by atoms with E-state index in [9.17, 15) is 0 Å². The summed E-state index contributed by atoms with van der Waals surface area (Å²) >= 11 is 4.41. The van der Waals surface area contributed by atoms with Crippen LogP contribution in [0.3, 0.4) is 0 Å². The first-order valence-electron chi connectivity index (χ1n) is 7.40. The maximum absolute atomic E-state index is 5.60. The standard InChI is InChI=1S/C15H24INOS/c1-2-3-9-18-10-5-8-17-13-6-4-7-14-12(13)11-15(16)19-14/h11,13,17H,2-10H2,1H3. The maximum atomic E-state index is 5.60. The largest absolute Gasteiger partial charge is 0.381 e. The number of fused-ring (bicyclic) bond motifs is 1. The second-order valence-corrected chi connectivity index (χ2v) is 8.18. The monoisotopic (exact) mass is 393 g/mol. The van der Waals surface area contributed by atoms with E-state index in [2.05, 4.69) is 40.9 Å². The smallest absolute Gasteiger partial charge is 0.0659 e. The van der Waals surface area contributed by atoms with Gasteiger partial charge in [0.2, 0.25) is 0 Å². The van der Waals surface area contributed by atoms with Crippen molar-refractivity contribution in [2.24, 2.45) is 0 Å². The van der Waals surface area contributed by atoms with Crippen LogP contribution < -0.4 is 5.32 Å². The van der Waals surface area contributed by atoms with E-state index in [1.165, 1.54) is 35.0 Å². The average molecular weight is 393 g/mol. The quantitative estimate of drug-likeness (QED) is 0.518. The van der Waals surface area contributed by atoms with Crippen molar-refractivity contribution in [3.63, 3.8) is 0 Å². The number of aryl methyl sites for hydroxylation is 1. The van der Waals surface area contributed by atoms with Crippen LogP contribution in [-0.2, 0) is 11.2 Å². The SMILES string of the molecule is CCCCOCCCNC1CCCc2sc(I)cc21. The summed E-state index contributed by atoms with van der Waals surface area (Å²) in [6.07, 6.45) is 7.43. The van der Waals surface area contributed by atoms with Gasteiger partial charge in [-0.05, 0) is 72.9 Å². The van der Waals surface area contributed by atoms with Gasteiger partial charge in [0.05, 0.1) is 2.88 Å². The van der Waals surface area contributed by atoms with Crippen molar-refractivity contribution in [1.29, 1.82) is 0 Å². The Morgan fingerprint density at radius 3 is 3.11 bits per heavy atom. The number of rotatable bonds is 8. The molecular formula is C15H24INOS. The summed E-state index contributed by atoms with van der Waals surface area (Å²) in [6, 6.07) is 2.95. The molecule has 1 unspecified atom stereocenters. The summed E-state index contributed by atoms with van der Waals surface area (Å²) in [4.78, 5) is 1.60. The minimum atomic E-state index is 0.583. The lowest BCUT2D eigenvalue weighted by Gasteiger charge is -2.23. The molecule has 0 amide bonds. The second-order valence-electron chi connectivity index (χ2n) is 5.15. The molecule has 4 heteroatoms. The lowest BCUT2D eigenvalue weighted by atomic mass is 9.94. The lowest BCUT2D eigenvalue weighted by molar-refractivity contribution is 0.128. The summed E-state index contributed by atoms with van der Waals surface area (Å²) in [5.74, 6) is 0. The number of halogens is 1. The topological polar surface area (TPSA) is 21.3 Å². The third-order valence-electron chi connectivity index (χ3n) is 3.58. The summed E-state index contributed by atoms with van der Waals surface area (Å²) in [6.45, 7) is 5.09. The molecule has 1 heterocycles. The third-order valence-corrected chi connectivity index (χ3v) is 5.55. The number of unbranched alkanes of at least 4 members (excludes halogenated alkanes) is 1. The van der Waals surface area contributed by atoms with E-state index in [0.29, 0.717) is 6.04 Å². The van der Waals surface area contributed by atoms with Gasteiger partial charge in [-0.3, -0.25) is 0 Å². The van der Waals surface area contributed by atoms with Crippen molar-refractivity contribution in [2.45, 2.75) is 51.5 Å². The molecule has 0 saturated carbocycles. The van der Waals surface area contributed by atoms with Crippen molar-refractivity contribution in [2.75, 3.05) is 19.8 Å². The van der Waals surface area contributed by atoms with Gasteiger partial charge in [0.1, 0.15) is 0 Å². The van der Waals surface area contributed by atoms with E-state index >= 15 is 0 Å². The van der Waals surface area contributed by atoms with Gasteiger partial charge in [-0.25, -0.2) is 0 Å². The molecule has 1 N–H and O–H groups in total. The first-order valence-corrected chi connectivity index (χ1v) is 9.30. The molecular weight excluding hydrogens is 369 g/mol. The molecule has 0 bridgehead atoms. The first-order chi connectivity index (χ1) is 9.31. The van der Waals surface area contributed by atoms with Gasteiger partial charge in [0.25, 0.3) is 0 Å². The average Bonchev–Trinajstić information content (AvgIpc) is 2.78. The molecule has 1 aliphatic rings. The molecule has 0 aliphatic heterocycles. The van der Waals surface area contributed by atoms with Crippen molar-refractivity contribution < 1.29 is 4.74 Å². The Labute approximate surface area is 134 Å². The predicted octanol–water partition coefficient (Wildman–Crippen LogP) is 4.53. The number of thiophene rings is 1. The molecule has 2 rings (SSSR count). The van der Waals surface area contributed by atoms with E-state index in [4.69, 9.17) is 4.74 Å². The highest BCUT2D eigenvalue weighted by molar-refractivity contribution is 14.1. The molecule has 1 atom stereocenters. The fourth-order valence-corrected chi connectivity index (χ4v) is 4.65. The van der Waals surface area contributed by atoms with Crippen LogP contribution in [0.5, 0.6) is 0 Å². The molecule has 0 saturated heterocycles. The van der Waals surface area contributed by atoms with Gasteiger partial charge < -0.3 is 10.1 Å². The van der Waals surface area contributed by atoms with Gasteiger partial charge >= 0.3 is 0 Å². The van der Waals surface area contributed by atoms with Gasteiger partial charge in [-0.2, -0.15) is 0 Å². The minimum Gasteiger partial charge on any atom is -0.381 e. The Bertz CT molecular complexity index is 380. The van der Waals surface area contributed by atoms with E-state index in [-0.39, 0.29) is 0 Å². The molecule has 0 fully saturated rings. The Hall–Kier alpha value is 0.350. The zero-order valence-electron chi connectivity index (χ0n) is 11.7. The van der Waals surface area contributed by atoms with Crippen molar-refractivity contribution >= 4 is 33.9 Å². The molecule has 0 aromatic carbocycles. The normalized spacial score (nSPS) is 18.5. The predicted molar refractivity (Wildman–Crippen MR) is 91.1 cm³/mol. The Morgan fingerprint density at radius 1 is 1.42 bits per heavy atom. The Balaban J connectivity index is 1.67. The molecule has 0 spiro atoms. The third kappa shape index (κ3) is 4.99. The number of hydrogen-bond donors (Lipinski definition) is 1. The van der Waals surface area contributed by atoms with E-state index in [1.807, 2.05) is 11.3 Å². The van der Waals surface area contributed by atoms with Crippen molar-refractivity contribution in [1.82, 2.24) is 5.32 Å². The van der Waals surface area contributed by atoms with Crippen LogP contribution in [0.2, 0.25) is 0 Å². The van der Waals surface area contributed by atoms with Crippen molar-refractivity contribution in [3.8, 4) is 0 Å². The van der Waals surface area contributed by atoms with E-state index < -0.39 is 0 Å². The minimum absolute atomic E-state index is 0.583. The van der Waals surface area contributed by atoms with Gasteiger partial charge in [0.15, 0.2) is 0 Å². The highest BCUT2D eigenvalue weighted by Gasteiger charge is 2.21. The second kappa shape index (κ2) is 8.60. The van der Waals surface area contributed by atoms with Gasteiger partial charge in [-0.15, -0.1) is 11.3 Å². The molecule has 108 valence electrons. The highest BCUT2D eigenvalue weighted by atomic mass is 127. The zero-order chi connectivity index (χ0) is 13.5. The molecule has 2 nitrogen and oxygen atoms in total. The fraction of sp³-hybridized carbons (Fsp3) is 0.733. The number of ether oxygens (including phenoxy) is 1. The number of hydrogen-bond acceptors (Lipinski definition) is 3. The van der Waals surface area contributed by atoms with E-state index in [0.717, 1.165) is 26.2 Å². The summed E-state index contributed by atoms with van der Waals surface area (Å²) in [7, 11) is 0. The van der Waals surface area contributed by atoms with Gasteiger partial charge in [0, 0.05) is 24.1 Å². The lowest BCUT2D eigenvalue weighted by Crippen LogP contribution is -2.25. The van der Waals surface area contributed by atoms with Crippen LogP contribution in [0.1, 0.15) is 55.5 Å². The summed E-state index contributed by atoms with van der Waals surface area (Å²) in [5, 5.41) is 3.71. The summed E-state index contributed by atoms with van der Waals surface area (Å²) < 4.78 is 7.03. The van der Waals surface area contributed by atoms with Crippen LogP contribution in [0, 0.1) is 2.88 Å². The van der Waals surface area contributed by atoms with Gasteiger partial charge in [-0.1, -0.05) is 13.3 Å². The van der Waals surface area contributed by atoms with Crippen LogP contribution in [-0.4, -0.2) is 19.8 Å². The Morgan fingerprint density at radius 2 is 2.26 bits per heavy atom. The maximum Gasteiger partial charge on any atom is 0.0659 e. The zero-order valence-corrected chi connectivity index (χ0v) is 14.7. The van der Waals surface area contributed by atoms with E-state index in [1.54, 1.807) is 10.4 Å². The molecule has 1 aromatic heterocycles. The first kappa shape index (κ1) is 15.7. The van der Waals surface area contributed by atoms with Crippen molar-refractivity contribution in [3.05, 3.63) is 19.4 Å². The van der Waals surface area contributed by atoms with Crippen LogP contribution in [0.15, 0.2) is 6.07 Å². The van der Waals surface area contributed by atoms with Crippen LogP contribution >= 0.6 is 33.9 Å². The van der Waals surface area contributed by atoms with Crippen LogP contribution in [0.4, 0.5) is 0 Å². The molecule has 1 aromatic rings. The molecule has 1 aliphatic carbocycles. The molecule has 0 radical (unpaired) electrons. The number of nitrogens with one attached hydrogen (secondary N) is 1. The molecule has 19 heavy (non-hydrogen) atoms. The van der Waals surface area contributed by atoms with Crippen LogP contribution in [0.25, 0.3) is 0 Å².